The van der Waals surface area contributed by atoms with E-state index >= 15 is 0 Å². The molecule has 31 heavy (non-hydrogen) atoms. The number of carbonyl (C=O) groups is 2. The molecule has 0 aromatic heterocycles. The van der Waals surface area contributed by atoms with Gasteiger partial charge in [-0.2, -0.15) is 0 Å². The molecule has 2 aliphatic heterocycles. The first-order chi connectivity index (χ1) is 15.0. The van der Waals surface area contributed by atoms with Crippen LogP contribution in [0.25, 0.3) is 0 Å². The van der Waals surface area contributed by atoms with Gasteiger partial charge in [0.2, 0.25) is 11.8 Å². The number of benzene rings is 2. The number of nitrogens with one attached hydrogen (secondary N) is 1. The van der Waals surface area contributed by atoms with Gasteiger partial charge in [-0.1, -0.05) is 30.3 Å². The van der Waals surface area contributed by atoms with Gasteiger partial charge in [-0.25, -0.2) is 0 Å². The zero-order chi connectivity index (χ0) is 21.8. The van der Waals surface area contributed by atoms with E-state index in [0.29, 0.717) is 18.8 Å². The number of amides is 2. The van der Waals surface area contributed by atoms with Crippen LogP contribution >= 0.6 is 0 Å². The molecule has 0 aliphatic carbocycles. The number of rotatable bonds is 7. The van der Waals surface area contributed by atoms with Crippen LogP contribution < -0.4 is 15.0 Å². The molecule has 0 spiro atoms. The molecule has 1 atom stereocenters. The zero-order valence-electron chi connectivity index (χ0n) is 18.4. The topological polar surface area (TPSA) is 61.9 Å². The van der Waals surface area contributed by atoms with Gasteiger partial charge in [0.1, 0.15) is 5.75 Å². The Morgan fingerprint density at radius 1 is 1.10 bits per heavy atom. The summed E-state index contributed by atoms with van der Waals surface area (Å²) in [5, 5.41) is 3.01. The Morgan fingerprint density at radius 3 is 2.52 bits per heavy atom. The Labute approximate surface area is 184 Å². The molecule has 4 rings (SSSR count). The monoisotopic (exact) mass is 421 g/mol. The molecule has 2 amide bonds. The lowest BCUT2D eigenvalue weighted by atomic mass is 10.1. The van der Waals surface area contributed by atoms with E-state index < -0.39 is 0 Å². The highest BCUT2D eigenvalue weighted by molar-refractivity contribution is 6.01. The van der Waals surface area contributed by atoms with Gasteiger partial charge < -0.3 is 15.0 Å². The second kappa shape index (κ2) is 9.52. The molecular formula is C25H31N3O3. The summed E-state index contributed by atoms with van der Waals surface area (Å²) in [5.41, 5.74) is 4.15. The standard InChI is InChI=1S/C25H31N3O3/c1-18-5-10-23(31-2)22(13-18)28-17-21(14-24(28)29)25(30)26-15-19-6-8-20(9-7-19)16-27-11-3-4-12-27/h5-10,13,21H,3-4,11-12,14-17H2,1-2H3,(H,26,30). The third kappa shape index (κ3) is 5.07. The van der Waals surface area contributed by atoms with E-state index in [1.807, 2.05) is 25.1 Å². The molecule has 2 aliphatic rings. The zero-order valence-corrected chi connectivity index (χ0v) is 18.4. The van der Waals surface area contributed by atoms with E-state index in [9.17, 15) is 9.59 Å². The summed E-state index contributed by atoms with van der Waals surface area (Å²) in [7, 11) is 1.59. The maximum Gasteiger partial charge on any atom is 0.227 e. The van der Waals surface area contributed by atoms with Gasteiger partial charge in [0.05, 0.1) is 18.7 Å². The predicted octanol–water partition coefficient (Wildman–Crippen LogP) is 3.27. The largest absolute Gasteiger partial charge is 0.495 e. The summed E-state index contributed by atoms with van der Waals surface area (Å²) in [5.74, 6) is 0.167. The van der Waals surface area contributed by atoms with Crippen molar-refractivity contribution >= 4 is 17.5 Å². The van der Waals surface area contributed by atoms with Crippen molar-refractivity contribution in [2.24, 2.45) is 5.92 Å². The van der Waals surface area contributed by atoms with Crippen LogP contribution in [0.15, 0.2) is 42.5 Å². The van der Waals surface area contributed by atoms with Crippen molar-refractivity contribution < 1.29 is 14.3 Å². The molecule has 6 nitrogen and oxygen atoms in total. The van der Waals surface area contributed by atoms with Crippen LogP contribution in [0.3, 0.4) is 0 Å². The van der Waals surface area contributed by atoms with Crippen molar-refractivity contribution in [2.45, 2.75) is 39.3 Å². The lowest BCUT2D eigenvalue weighted by molar-refractivity contribution is -0.126. The molecule has 0 bridgehead atoms. The molecule has 2 aromatic rings. The van der Waals surface area contributed by atoms with E-state index in [2.05, 4.69) is 34.5 Å². The molecule has 2 fully saturated rings. The Kier molecular flexibility index (Phi) is 6.56. The van der Waals surface area contributed by atoms with Gasteiger partial charge in [-0.3, -0.25) is 14.5 Å². The minimum absolute atomic E-state index is 0.0460. The summed E-state index contributed by atoms with van der Waals surface area (Å²) in [6.45, 7) is 6.19. The van der Waals surface area contributed by atoms with Crippen LogP contribution in [-0.4, -0.2) is 43.5 Å². The fourth-order valence-electron chi connectivity index (χ4n) is 4.42. The number of likely N-dealkylation sites (tertiary alicyclic amines) is 1. The summed E-state index contributed by atoms with van der Waals surface area (Å²) in [6, 6.07) is 14.2. The van der Waals surface area contributed by atoms with Gasteiger partial charge >= 0.3 is 0 Å². The summed E-state index contributed by atoms with van der Waals surface area (Å²) in [4.78, 5) is 29.5. The Morgan fingerprint density at radius 2 is 1.81 bits per heavy atom. The molecule has 0 saturated carbocycles. The van der Waals surface area contributed by atoms with E-state index in [-0.39, 0.29) is 24.2 Å². The molecule has 1 unspecified atom stereocenters. The molecule has 2 saturated heterocycles. The first kappa shape index (κ1) is 21.4. The Balaban J connectivity index is 1.32. The average molecular weight is 422 g/mol. The van der Waals surface area contributed by atoms with Crippen LogP contribution in [0.2, 0.25) is 0 Å². The van der Waals surface area contributed by atoms with Crippen LogP contribution in [0, 0.1) is 12.8 Å². The number of nitrogens with zero attached hydrogens (tertiary/aromatic N) is 2. The smallest absolute Gasteiger partial charge is 0.227 e. The summed E-state index contributed by atoms with van der Waals surface area (Å²) in [6.07, 6.45) is 2.81. The summed E-state index contributed by atoms with van der Waals surface area (Å²) < 4.78 is 5.42. The second-order valence-electron chi connectivity index (χ2n) is 8.60. The molecule has 164 valence electrons. The van der Waals surface area contributed by atoms with E-state index in [1.54, 1.807) is 12.0 Å². The lowest BCUT2D eigenvalue weighted by Crippen LogP contribution is -2.32. The fraction of sp³-hybridized carbons (Fsp3) is 0.440. The fourth-order valence-corrected chi connectivity index (χ4v) is 4.42. The van der Waals surface area contributed by atoms with E-state index in [4.69, 9.17) is 4.74 Å². The summed E-state index contributed by atoms with van der Waals surface area (Å²) >= 11 is 0. The molecule has 1 N–H and O–H groups in total. The number of anilines is 1. The number of hydrogen-bond donors (Lipinski definition) is 1. The van der Waals surface area contributed by atoms with Crippen LogP contribution in [0.4, 0.5) is 5.69 Å². The van der Waals surface area contributed by atoms with Gasteiger partial charge in [-0.05, 0) is 61.7 Å². The first-order valence-corrected chi connectivity index (χ1v) is 11.1. The lowest BCUT2D eigenvalue weighted by Gasteiger charge is -2.20. The van der Waals surface area contributed by atoms with Crippen molar-refractivity contribution in [3.63, 3.8) is 0 Å². The van der Waals surface area contributed by atoms with E-state index in [1.165, 1.54) is 31.5 Å². The van der Waals surface area contributed by atoms with Crippen molar-refractivity contribution in [2.75, 3.05) is 31.6 Å². The number of ether oxygens (including phenoxy) is 1. The molecule has 6 heteroatoms. The van der Waals surface area contributed by atoms with Crippen LogP contribution in [0.1, 0.15) is 36.0 Å². The highest BCUT2D eigenvalue weighted by Crippen LogP contribution is 2.34. The minimum Gasteiger partial charge on any atom is -0.495 e. The molecule has 0 radical (unpaired) electrons. The van der Waals surface area contributed by atoms with Gasteiger partial charge in [0.25, 0.3) is 0 Å². The second-order valence-corrected chi connectivity index (χ2v) is 8.60. The van der Waals surface area contributed by atoms with Crippen molar-refractivity contribution in [3.8, 4) is 5.75 Å². The minimum atomic E-state index is -0.354. The highest BCUT2D eigenvalue weighted by Gasteiger charge is 2.36. The average Bonchev–Trinajstić information content (AvgIpc) is 3.42. The maximum absolute atomic E-state index is 12.7. The quantitative estimate of drug-likeness (QED) is 0.745. The predicted molar refractivity (Wildman–Crippen MR) is 121 cm³/mol. The van der Waals surface area contributed by atoms with Gasteiger partial charge in [0.15, 0.2) is 0 Å². The van der Waals surface area contributed by atoms with Crippen molar-refractivity contribution in [1.29, 1.82) is 0 Å². The SMILES string of the molecule is COc1ccc(C)cc1N1CC(C(=O)NCc2ccc(CN3CCCC3)cc2)CC1=O. The molecular weight excluding hydrogens is 390 g/mol. The highest BCUT2D eigenvalue weighted by atomic mass is 16.5. The van der Waals surface area contributed by atoms with Gasteiger partial charge in [0, 0.05) is 26.1 Å². The van der Waals surface area contributed by atoms with Crippen LogP contribution in [0.5, 0.6) is 5.75 Å². The van der Waals surface area contributed by atoms with Crippen LogP contribution in [-0.2, 0) is 22.7 Å². The molecule has 2 heterocycles. The number of methoxy groups -OCH3 is 1. The number of hydrogen-bond acceptors (Lipinski definition) is 4. The Bertz CT molecular complexity index is 936. The third-order valence-electron chi connectivity index (χ3n) is 6.22. The normalized spacial score (nSPS) is 19.1. The van der Waals surface area contributed by atoms with E-state index in [0.717, 1.165) is 23.4 Å². The third-order valence-corrected chi connectivity index (χ3v) is 6.22. The number of aryl methyl sites for hydroxylation is 1. The maximum atomic E-state index is 12.7. The first-order valence-electron chi connectivity index (χ1n) is 11.1. The van der Waals surface area contributed by atoms with Crippen molar-refractivity contribution in [1.82, 2.24) is 10.2 Å². The Hall–Kier alpha value is -2.86. The number of carbonyl (C=O) groups excluding carboxylic acids is 2. The molecule has 2 aromatic carbocycles. The van der Waals surface area contributed by atoms with Crippen molar-refractivity contribution in [3.05, 3.63) is 59.2 Å². The van der Waals surface area contributed by atoms with Gasteiger partial charge in [-0.15, -0.1) is 0 Å².